The monoisotopic (exact) mass is 351 g/mol. The maximum Gasteiger partial charge on any atom is 0.224 e. The molecule has 136 valence electrons. The molecule has 1 fully saturated rings. The molecule has 0 aromatic heterocycles. The first-order valence-corrected chi connectivity index (χ1v) is 9.37. The predicted octanol–water partition coefficient (Wildman–Crippen LogP) is 3.10. The molecular weight excluding hydrogens is 326 g/mol. The smallest absolute Gasteiger partial charge is 0.224 e. The third-order valence-electron chi connectivity index (χ3n) is 5.62. The molecule has 4 rings (SSSR count). The van der Waals surface area contributed by atoms with E-state index in [2.05, 4.69) is 11.4 Å². The molecule has 1 saturated carbocycles. The van der Waals surface area contributed by atoms with Crippen molar-refractivity contribution in [1.82, 2.24) is 5.32 Å². The van der Waals surface area contributed by atoms with Crippen molar-refractivity contribution in [1.29, 1.82) is 0 Å². The van der Waals surface area contributed by atoms with E-state index in [1.54, 1.807) is 0 Å². The minimum atomic E-state index is -0.242. The summed E-state index contributed by atoms with van der Waals surface area (Å²) >= 11 is 0. The van der Waals surface area contributed by atoms with E-state index in [1.807, 2.05) is 43.3 Å². The molecule has 1 heterocycles. The molecule has 2 aromatic rings. The number of aryl methyl sites for hydroxylation is 1. The van der Waals surface area contributed by atoms with Crippen LogP contribution in [0.15, 0.2) is 42.5 Å². The average molecular weight is 351 g/mol. The average Bonchev–Trinajstić information content (AvgIpc) is 3.07. The Morgan fingerprint density at radius 1 is 1.27 bits per heavy atom. The molecule has 26 heavy (non-hydrogen) atoms. The predicted molar refractivity (Wildman–Crippen MR) is 100 cm³/mol. The number of aliphatic hydroxyl groups excluding tert-OH is 1. The summed E-state index contributed by atoms with van der Waals surface area (Å²) in [5.74, 6) is 1.26. The summed E-state index contributed by atoms with van der Waals surface area (Å²) in [6.07, 6.45) is 2.53. The highest BCUT2D eigenvalue weighted by Crippen LogP contribution is 2.39. The van der Waals surface area contributed by atoms with Crippen molar-refractivity contribution >= 4 is 5.91 Å². The van der Waals surface area contributed by atoms with E-state index in [1.165, 1.54) is 5.56 Å². The van der Waals surface area contributed by atoms with E-state index in [0.29, 0.717) is 6.42 Å². The van der Waals surface area contributed by atoms with Crippen molar-refractivity contribution in [3.8, 4) is 5.75 Å². The molecule has 0 saturated heterocycles. The summed E-state index contributed by atoms with van der Waals surface area (Å²) < 4.78 is 5.60. The van der Waals surface area contributed by atoms with Crippen LogP contribution in [0.3, 0.4) is 0 Å². The van der Waals surface area contributed by atoms with Crippen LogP contribution in [0.2, 0.25) is 0 Å². The first-order chi connectivity index (χ1) is 12.6. The SMILES string of the molecule is Cc1ccccc1CC(=O)N[C@@H](c1ccc2c(c1)CCO2)C1CC(O)C1. The van der Waals surface area contributed by atoms with Gasteiger partial charge in [0.1, 0.15) is 5.75 Å². The number of rotatable bonds is 5. The van der Waals surface area contributed by atoms with Gasteiger partial charge in [-0.15, -0.1) is 0 Å². The number of aliphatic hydroxyl groups is 1. The quantitative estimate of drug-likeness (QED) is 0.870. The second-order valence-corrected chi connectivity index (χ2v) is 7.50. The Morgan fingerprint density at radius 2 is 2.08 bits per heavy atom. The van der Waals surface area contributed by atoms with Crippen molar-refractivity contribution in [2.45, 2.75) is 44.8 Å². The summed E-state index contributed by atoms with van der Waals surface area (Å²) in [4.78, 5) is 12.7. The normalized spacial score (nSPS) is 22.1. The van der Waals surface area contributed by atoms with Crippen LogP contribution in [0, 0.1) is 12.8 Å². The van der Waals surface area contributed by atoms with Gasteiger partial charge in [-0.3, -0.25) is 4.79 Å². The van der Waals surface area contributed by atoms with Crippen LogP contribution in [0.4, 0.5) is 0 Å². The van der Waals surface area contributed by atoms with Crippen LogP contribution >= 0.6 is 0 Å². The summed E-state index contributed by atoms with van der Waals surface area (Å²) in [6.45, 7) is 2.76. The number of hydrogen-bond acceptors (Lipinski definition) is 3. The number of carbonyl (C=O) groups excluding carboxylic acids is 1. The standard InChI is InChI=1S/C22H25NO3/c1-14-4-2-3-5-15(14)13-21(25)23-22(18-11-19(24)12-18)17-6-7-20-16(10-17)8-9-26-20/h2-7,10,18-19,22,24H,8-9,11-13H2,1H3,(H,23,25)/t18?,19?,22-/m0/s1. The Morgan fingerprint density at radius 3 is 2.85 bits per heavy atom. The summed E-state index contributed by atoms with van der Waals surface area (Å²) in [6, 6.07) is 14.2. The van der Waals surface area contributed by atoms with Crippen LogP contribution < -0.4 is 10.1 Å². The van der Waals surface area contributed by atoms with Gasteiger partial charge in [-0.25, -0.2) is 0 Å². The zero-order valence-corrected chi connectivity index (χ0v) is 15.1. The Kier molecular flexibility index (Phi) is 4.68. The molecule has 4 heteroatoms. The van der Waals surface area contributed by atoms with Gasteiger partial charge in [-0.1, -0.05) is 30.3 Å². The highest BCUT2D eigenvalue weighted by atomic mass is 16.5. The molecule has 1 atom stereocenters. The molecule has 2 aliphatic rings. The van der Waals surface area contributed by atoms with Crippen molar-refractivity contribution < 1.29 is 14.6 Å². The molecule has 0 radical (unpaired) electrons. The van der Waals surface area contributed by atoms with Gasteiger partial charge in [0.2, 0.25) is 5.91 Å². The Balaban J connectivity index is 1.52. The van der Waals surface area contributed by atoms with Crippen molar-refractivity contribution in [2.24, 2.45) is 5.92 Å². The van der Waals surface area contributed by atoms with Crippen molar-refractivity contribution in [3.05, 3.63) is 64.7 Å². The minimum absolute atomic E-state index is 0.0300. The lowest BCUT2D eigenvalue weighted by molar-refractivity contribution is -0.122. The third-order valence-corrected chi connectivity index (χ3v) is 5.62. The molecule has 0 spiro atoms. The van der Waals surface area contributed by atoms with Gasteiger partial charge in [0.05, 0.1) is 25.2 Å². The van der Waals surface area contributed by atoms with Crippen LogP contribution in [0.5, 0.6) is 5.75 Å². The highest BCUT2D eigenvalue weighted by Gasteiger charge is 2.36. The molecule has 2 N–H and O–H groups in total. The maximum atomic E-state index is 12.7. The minimum Gasteiger partial charge on any atom is -0.493 e. The van der Waals surface area contributed by atoms with Gasteiger partial charge < -0.3 is 15.2 Å². The number of carbonyl (C=O) groups is 1. The highest BCUT2D eigenvalue weighted by molar-refractivity contribution is 5.79. The molecule has 0 unspecified atom stereocenters. The second-order valence-electron chi connectivity index (χ2n) is 7.50. The first-order valence-electron chi connectivity index (χ1n) is 9.37. The van der Waals surface area contributed by atoms with Gasteiger partial charge in [-0.05, 0) is 60.1 Å². The number of ether oxygens (including phenoxy) is 1. The molecule has 2 aromatic carbocycles. The van der Waals surface area contributed by atoms with Crippen LogP contribution in [0.25, 0.3) is 0 Å². The maximum absolute atomic E-state index is 12.7. The topological polar surface area (TPSA) is 58.6 Å². The number of hydrogen-bond donors (Lipinski definition) is 2. The molecule has 0 bridgehead atoms. The lowest BCUT2D eigenvalue weighted by atomic mass is 9.74. The summed E-state index contributed by atoms with van der Waals surface area (Å²) in [5, 5.41) is 13.0. The lowest BCUT2D eigenvalue weighted by Gasteiger charge is -2.38. The molecular formula is C22H25NO3. The van der Waals surface area contributed by atoms with Crippen LogP contribution in [-0.2, 0) is 17.6 Å². The van der Waals surface area contributed by atoms with E-state index in [-0.39, 0.29) is 24.0 Å². The zero-order chi connectivity index (χ0) is 18.1. The fraction of sp³-hybridized carbons (Fsp3) is 0.409. The van der Waals surface area contributed by atoms with Crippen LogP contribution in [0.1, 0.15) is 41.1 Å². The van der Waals surface area contributed by atoms with E-state index in [4.69, 9.17) is 4.74 Å². The van der Waals surface area contributed by atoms with Crippen molar-refractivity contribution in [2.75, 3.05) is 6.61 Å². The van der Waals surface area contributed by atoms with Gasteiger partial charge in [0.15, 0.2) is 0 Å². The van der Waals surface area contributed by atoms with Gasteiger partial charge in [-0.2, -0.15) is 0 Å². The van der Waals surface area contributed by atoms with Crippen molar-refractivity contribution in [3.63, 3.8) is 0 Å². The molecule has 1 aliphatic heterocycles. The van der Waals surface area contributed by atoms with E-state index in [0.717, 1.165) is 48.3 Å². The van der Waals surface area contributed by atoms with Gasteiger partial charge in [0, 0.05) is 6.42 Å². The molecule has 1 aliphatic carbocycles. The zero-order valence-electron chi connectivity index (χ0n) is 15.1. The Labute approximate surface area is 154 Å². The number of benzene rings is 2. The number of amides is 1. The number of fused-ring (bicyclic) bond motifs is 1. The van der Waals surface area contributed by atoms with Gasteiger partial charge >= 0.3 is 0 Å². The van der Waals surface area contributed by atoms with Gasteiger partial charge in [0.25, 0.3) is 0 Å². The third kappa shape index (κ3) is 3.47. The van der Waals surface area contributed by atoms with E-state index >= 15 is 0 Å². The fourth-order valence-electron chi connectivity index (χ4n) is 3.98. The van der Waals surface area contributed by atoms with Crippen LogP contribution in [-0.4, -0.2) is 23.7 Å². The second kappa shape index (κ2) is 7.12. The fourth-order valence-corrected chi connectivity index (χ4v) is 3.98. The molecule has 1 amide bonds. The summed E-state index contributed by atoms with van der Waals surface area (Å²) in [7, 11) is 0. The Bertz CT molecular complexity index is 811. The lowest BCUT2D eigenvalue weighted by Crippen LogP contribution is -2.42. The summed E-state index contributed by atoms with van der Waals surface area (Å²) in [5.41, 5.74) is 4.51. The molecule has 4 nitrogen and oxygen atoms in total. The van der Waals surface area contributed by atoms with E-state index in [9.17, 15) is 9.90 Å². The van der Waals surface area contributed by atoms with E-state index < -0.39 is 0 Å². The Hall–Kier alpha value is -2.33. The first kappa shape index (κ1) is 17.1. The number of nitrogens with one attached hydrogen (secondary N) is 1. The largest absolute Gasteiger partial charge is 0.493 e.